The minimum atomic E-state index is -3.74. The zero-order valence-electron chi connectivity index (χ0n) is 21.6. The Morgan fingerprint density at radius 3 is 2.31 bits per heavy atom. The summed E-state index contributed by atoms with van der Waals surface area (Å²) in [5, 5.41) is 9.50. The fraction of sp³-hybridized carbons (Fsp3) is 0.241. The van der Waals surface area contributed by atoms with Crippen molar-refractivity contribution in [3.05, 3.63) is 108 Å². The second-order valence-electron chi connectivity index (χ2n) is 10.3. The molecule has 0 saturated carbocycles. The molecule has 39 heavy (non-hydrogen) atoms. The lowest BCUT2D eigenvalue weighted by molar-refractivity contribution is 0.413. The molecule has 3 aromatic carbocycles. The molecule has 1 fully saturated rings. The number of rotatable bonds is 6. The van der Waals surface area contributed by atoms with Crippen LogP contribution in [-0.4, -0.2) is 45.4 Å². The zero-order chi connectivity index (χ0) is 27.4. The van der Waals surface area contributed by atoms with Crippen molar-refractivity contribution in [2.24, 2.45) is 7.05 Å². The van der Waals surface area contributed by atoms with Crippen molar-refractivity contribution < 1.29 is 17.2 Å². The van der Waals surface area contributed by atoms with Gasteiger partial charge in [-0.25, -0.2) is 21.9 Å². The van der Waals surface area contributed by atoms with Crippen LogP contribution in [0, 0.1) is 18.6 Å². The molecule has 1 aliphatic rings. The van der Waals surface area contributed by atoms with Gasteiger partial charge in [-0.2, -0.15) is 14.5 Å². The van der Waals surface area contributed by atoms with Crippen molar-refractivity contribution >= 4 is 20.9 Å². The van der Waals surface area contributed by atoms with Crippen molar-refractivity contribution in [3.8, 4) is 5.69 Å². The molecule has 0 bridgehead atoms. The molecular weight excluding hydrogens is 520 g/mol. The largest absolute Gasteiger partial charge is 0.274 e. The number of benzene rings is 3. The average molecular weight is 548 g/mol. The Hall–Kier alpha value is -3.89. The highest BCUT2D eigenvalue weighted by Gasteiger charge is 2.45. The topological polar surface area (TPSA) is 73.0 Å². The molecule has 0 aliphatic carbocycles. The highest BCUT2D eigenvalue weighted by atomic mass is 32.2. The summed E-state index contributed by atoms with van der Waals surface area (Å²) in [5.74, 6) is -0.630. The van der Waals surface area contributed by atoms with E-state index in [-0.39, 0.29) is 23.1 Å². The van der Waals surface area contributed by atoms with Gasteiger partial charge in [-0.15, -0.1) is 0 Å². The van der Waals surface area contributed by atoms with Crippen molar-refractivity contribution in [2.45, 2.75) is 30.1 Å². The number of aromatic nitrogens is 4. The standard InChI is InChI=1S/C29H27F2N5O2S/c1-20-13-28-22(16-33-36(28)25-9-7-24(31)8-10-25)14-27(20)29(15-21-3-5-23(30)6-4-21)11-12-35(19-29)39(37,38)26-17-32-34(2)18-26/h3-10,13-14,16-18H,11-12,15,19H2,1-2H3. The number of sulfonamides is 1. The summed E-state index contributed by atoms with van der Waals surface area (Å²) in [6.45, 7) is 2.65. The van der Waals surface area contributed by atoms with Crippen LogP contribution in [-0.2, 0) is 28.9 Å². The van der Waals surface area contributed by atoms with E-state index >= 15 is 0 Å². The summed E-state index contributed by atoms with van der Waals surface area (Å²) in [7, 11) is -2.06. The summed E-state index contributed by atoms with van der Waals surface area (Å²) >= 11 is 0. The predicted molar refractivity (Wildman–Crippen MR) is 144 cm³/mol. The first-order chi connectivity index (χ1) is 18.6. The molecule has 5 aromatic rings. The Balaban J connectivity index is 1.44. The van der Waals surface area contributed by atoms with E-state index in [0.717, 1.165) is 33.3 Å². The lowest BCUT2D eigenvalue weighted by atomic mass is 9.73. The number of hydrogen-bond donors (Lipinski definition) is 0. The number of aryl methyl sites for hydroxylation is 2. The van der Waals surface area contributed by atoms with Gasteiger partial charge in [0.25, 0.3) is 0 Å². The molecule has 1 saturated heterocycles. The quantitative estimate of drug-likeness (QED) is 0.303. The van der Waals surface area contributed by atoms with E-state index in [1.54, 1.807) is 42.2 Å². The zero-order valence-corrected chi connectivity index (χ0v) is 22.4. The number of nitrogens with zero attached hydrogens (tertiary/aromatic N) is 5. The Morgan fingerprint density at radius 1 is 0.949 bits per heavy atom. The summed E-state index contributed by atoms with van der Waals surface area (Å²) in [4.78, 5) is 0.162. The van der Waals surface area contributed by atoms with Gasteiger partial charge in [0.1, 0.15) is 16.5 Å². The molecule has 0 radical (unpaired) electrons. The van der Waals surface area contributed by atoms with E-state index in [9.17, 15) is 17.2 Å². The van der Waals surface area contributed by atoms with Crippen molar-refractivity contribution in [2.75, 3.05) is 13.1 Å². The van der Waals surface area contributed by atoms with E-state index in [1.165, 1.54) is 45.6 Å². The molecule has 0 spiro atoms. The highest BCUT2D eigenvalue weighted by Crippen LogP contribution is 2.42. The molecule has 1 atom stereocenters. The first-order valence-corrected chi connectivity index (χ1v) is 14.1. The van der Waals surface area contributed by atoms with Crippen LogP contribution in [0.4, 0.5) is 8.78 Å². The van der Waals surface area contributed by atoms with Crippen LogP contribution in [0.1, 0.15) is 23.1 Å². The Labute approximate surface area is 225 Å². The van der Waals surface area contributed by atoms with Crippen molar-refractivity contribution in [1.29, 1.82) is 0 Å². The van der Waals surface area contributed by atoms with E-state index in [1.807, 2.05) is 13.0 Å². The smallest absolute Gasteiger partial charge is 0.246 e. The molecule has 0 N–H and O–H groups in total. The fourth-order valence-corrected chi connectivity index (χ4v) is 7.22. The van der Waals surface area contributed by atoms with Crippen LogP contribution in [0.2, 0.25) is 0 Å². The molecule has 2 aromatic heterocycles. The molecular formula is C29H27F2N5O2S. The van der Waals surface area contributed by atoms with Crippen LogP contribution in [0.5, 0.6) is 0 Å². The number of fused-ring (bicyclic) bond motifs is 1. The second kappa shape index (κ2) is 9.39. The van der Waals surface area contributed by atoms with Gasteiger partial charge in [0.2, 0.25) is 10.0 Å². The third kappa shape index (κ3) is 4.53. The summed E-state index contributed by atoms with van der Waals surface area (Å²) < 4.78 is 59.0. The normalized spacial score (nSPS) is 18.3. The summed E-state index contributed by atoms with van der Waals surface area (Å²) in [6, 6.07) is 16.7. The highest BCUT2D eigenvalue weighted by molar-refractivity contribution is 7.89. The van der Waals surface area contributed by atoms with E-state index in [2.05, 4.69) is 16.3 Å². The van der Waals surface area contributed by atoms with Gasteiger partial charge in [0.15, 0.2) is 0 Å². The lowest BCUT2D eigenvalue weighted by Crippen LogP contribution is -2.36. The molecule has 1 aliphatic heterocycles. The van der Waals surface area contributed by atoms with Gasteiger partial charge in [-0.3, -0.25) is 4.68 Å². The van der Waals surface area contributed by atoms with Crippen molar-refractivity contribution in [3.63, 3.8) is 0 Å². The third-order valence-electron chi connectivity index (χ3n) is 7.65. The fourth-order valence-electron chi connectivity index (χ4n) is 5.71. The second-order valence-corrected chi connectivity index (χ2v) is 12.2. The molecule has 7 nitrogen and oxygen atoms in total. The van der Waals surface area contributed by atoms with Gasteiger partial charge in [-0.05, 0) is 85.0 Å². The molecule has 3 heterocycles. The van der Waals surface area contributed by atoms with Crippen LogP contribution in [0.25, 0.3) is 16.6 Å². The minimum absolute atomic E-state index is 0.162. The molecule has 10 heteroatoms. The molecule has 1 unspecified atom stereocenters. The third-order valence-corrected chi connectivity index (χ3v) is 9.45. The van der Waals surface area contributed by atoms with Gasteiger partial charge in [0, 0.05) is 37.1 Å². The maximum atomic E-state index is 13.7. The van der Waals surface area contributed by atoms with Gasteiger partial charge >= 0.3 is 0 Å². The maximum Gasteiger partial charge on any atom is 0.246 e. The van der Waals surface area contributed by atoms with E-state index in [0.29, 0.717) is 19.4 Å². The molecule has 200 valence electrons. The Kier molecular flexibility index (Phi) is 6.11. The van der Waals surface area contributed by atoms with Crippen molar-refractivity contribution in [1.82, 2.24) is 23.9 Å². The number of halogens is 2. The maximum absolute atomic E-state index is 13.7. The number of hydrogen-bond acceptors (Lipinski definition) is 4. The average Bonchev–Trinajstić information content (AvgIpc) is 3.65. The SMILES string of the molecule is Cc1cc2c(cnn2-c2ccc(F)cc2)cc1C1(Cc2ccc(F)cc2)CCN(S(=O)(=O)c2cnn(C)c2)C1. The van der Waals surface area contributed by atoms with Crippen LogP contribution >= 0.6 is 0 Å². The van der Waals surface area contributed by atoms with E-state index in [4.69, 9.17) is 0 Å². The first-order valence-electron chi connectivity index (χ1n) is 12.6. The predicted octanol–water partition coefficient (Wildman–Crippen LogP) is 4.92. The lowest BCUT2D eigenvalue weighted by Gasteiger charge is -2.32. The molecule has 0 amide bonds. The Bertz CT molecular complexity index is 1780. The van der Waals surface area contributed by atoms with E-state index < -0.39 is 15.4 Å². The summed E-state index contributed by atoms with van der Waals surface area (Å²) in [6.07, 6.45) is 5.80. The van der Waals surface area contributed by atoms with Crippen LogP contribution in [0.3, 0.4) is 0 Å². The monoisotopic (exact) mass is 547 g/mol. The Morgan fingerprint density at radius 2 is 1.64 bits per heavy atom. The summed E-state index contributed by atoms with van der Waals surface area (Å²) in [5.41, 5.74) is 4.03. The van der Waals surface area contributed by atoms with Gasteiger partial charge < -0.3 is 0 Å². The first kappa shape index (κ1) is 25.4. The van der Waals surface area contributed by atoms with Crippen LogP contribution in [0.15, 0.2) is 84.1 Å². The van der Waals surface area contributed by atoms with Gasteiger partial charge in [-0.1, -0.05) is 12.1 Å². The van der Waals surface area contributed by atoms with Crippen LogP contribution < -0.4 is 0 Å². The van der Waals surface area contributed by atoms with Gasteiger partial charge in [0.05, 0.1) is 23.6 Å². The molecule has 6 rings (SSSR count). The minimum Gasteiger partial charge on any atom is -0.274 e.